The first kappa shape index (κ1) is 9.97. The normalized spacial score (nSPS) is 37.5. The number of hydrogen-bond acceptors (Lipinski definition) is 2. The van der Waals surface area contributed by atoms with Crippen LogP contribution >= 0.6 is 0 Å². The number of carbonyl (C=O) groups is 1. The zero-order chi connectivity index (χ0) is 10.0. The van der Waals surface area contributed by atoms with Gasteiger partial charge in [-0.2, -0.15) is 0 Å². The quantitative estimate of drug-likeness (QED) is 0.746. The fourth-order valence-electron chi connectivity index (χ4n) is 2.58. The molecule has 2 unspecified atom stereocenters. The molecule has 1 N–H and O–H groups in total. The molecule has 3 heteroatoms. The van der Waals surface area contributed by atoms with Gasteiger partial charge in [-0.3, -0.25) is 4.79 Å². The molecule has 0 spiro atoms. The van der Waals surface area contributed by atoms with Crippen LogP contribution in [0, 0.1) is 0 Å². The van der Waals surface area contributed by atoms with Gasteiger partial charge in [0.1, 0.15) is 0 Å². The third-order valence-corrected chi connectivity index (χ3v) is 3.55. The topological polar surface area (TPSA) is 38.3 Å². The van der Waals surface area contributed by atoms with Gasteiger partial charge in [-0.05, 0) is 32.1 Å². The zero-order valence-corrected chi connectivity index (χ0v) is 8.84. The minimum atomic E-state index is 0.0477. The summed E-state index contributed by atoms with van der Waals surface area (Å²) in [6.07, 6.45) is 6.44. The summed E-state index contributed by atoms with van der Waals surface area (Å²) in [5.74, 6) is 0.213. The molecule has 2 aliphatic rings. The van der Waals surface area contributed by atoms with E-state index in [9.17, 15) is 4.79 Å². The van der Waals surface area contributed by atoms with Crippen LogP contribution in [0.15, 0.2) is 0 Å². The highest BCUT2D eigenvalue weighted by molar-refractivity contribution is 5.79. The van der Waals surface area contributed by atoms with E-state index < -0.39 is 0 Å². The van der Waals surface area contributed by atoms with Crippen molar-refractivity contribution < 1.29 is 9.53 Å². The Morgan fingerprint density at radius 3 is 3.00 bits per heavy atom. The maximum absolute atomic E-state index is 11.2. The molecule has 0 aliphatic carbocycles. The first-order valence-electron chi connectivity index (χ1n) is 5.67. The lowest BCUT2D eigenvalue weighted by Gasteiger charge is -2.30. The number of amides is 1. The standard InChI is InChI=1S/C11H19NO2/c1-2-11(6-5-10(13)12-11)8-9-4-3-7-14-9/h9H,2-8H2,1H3,(H,12,13). The number of rotatable bonds is 3. The van der Waals surface area contributed by atoms with Crippen molar-refractivity contribution in [3.63, 3.8) is 0 Å². The summed E-state index contributed by atoms with van der Waals surface area (Å²) >= 11 is 0. The molecule has 3 nitrogen and oxygen atoms in total. The van der Waals surface area contributed by atoms with Crippen molar-refractivity contribution in [2.24, 2.45) is 0 Å². The van der Waals surface area contributed by atoms with E-state index in [4.69, 9.17) is 4.74 Å². The number of carbonyl (C=O) groups excluding carboxylic acids is 1. The van der Waals surface area contributed by atoms with Crippen LogP contribution in [0.4, 0.5) is 0 Å². The van der Waals surface area contributed by atoms with E-state index in [1.165, 1.54) is 6.42 Å². The maximum atomic E-state index is 11.2. The average Bonchev–Trinajstić information content (AvgIpc) is 2.77. The molecular weight excluding hydrogens is 178 g/mol. The summed E-state index contributed by atoms with van der Waals surface area (Å²) in [5.41, 5.74) is 0.0477. The van der Waals surface area contributed by atoms with E-state index in [1.54, 1.807) is 0 Å². The van der Waals surface area contributed by atoms with Crippen LogP contribution in [-0.4, -0.2) is 24.2 Å². The van der Waals surface area contributed by atoms with Gasteiger partial charge in [0.25, 0.3) is 0 Å². The molecule has 2 fully saturated rings. The molecule has 1 amide bonds. The highest BCUT2D eigenvalue weighted by Gasteiger charge is 2.38. The van der Waals surface area contributed by atoms with Gasteiger partial charge in [0.15, 0.2) is 0 Å². The molecule has 2 rings (SSSR count). The summed E-state index contributed by atoms with van der Waals surface area (Å²) in [6.45, 7) is 3.05. The number of ether oxygens (including phenoxy) is 1. The highest BCUT2D eigenvalue weighted by atomic mass is 16.5. The molecule has 0 radical (unpaired) electrons. The van der Waals surface area contributed by atoms with Crippen LogP contribution in [0.2, 0.25) is 0 Å². The second-order valence-electron chi connectivity index (χ2n) is 4.52. The maximum Gasteiger partial charge on any atom is 0.220 e. The molecule has 0 bridgehead atoms. The molecule has 0 aromatic rings. The molecule has 2 aliphatic heterocycles. The number of nitrogens with one attached hydrogen (secondary N) is 1. The van der Waals surface area contributed by atoms with Crippen LogP contribution < -0.4 is 5.32 Å². The van der Waals surface area contributed by atoms with Crippen LogP contribution in [0.25, 0.3) is 0 Å². The van der Waals surface area contributed by atoms with Crippen LogP contribution in [-0.2, 0) is 9.53 Å². The Morgan fingerprint density at radius 1 is 1.64 bits per heavy atom. The lowest BCUT2D eigenvalue weighted by atomic mass is 9.87. The van der Waals surface area contributed by atoms with Gasteiger partial charge < -0.3 is 10.1 Å². The van der Waals surface area contributed by atoms with Crippen molar-refractivity contribution in [3.8, 4) is 0 Å². The summed E-state index contributed by atoms with van der Waals surface area (Å²) in [4.78, 5) is 11.2. The Hall–Kier alpha value is -0.570. The van der Waals surface area contributed by atoms with E-state index in [0.29, 0.717) is 12.5 Å². The summed E-state index contributed by atoms with van der Waals surface area (Å²) in [7, 11) is 0. The van der Waals surface area contributed by atoms with Gasteiger partial charge in [0.2, 0.25) is 5.91 Å². The Labute approximate surface area is 85.2 Å². The van der Waals surface area contributed by atoms with Gasteiger partial charge in [0, 0.05) is 18.6 Å². The third-order valence-electron chi connectivity index (χ3n) is 3.55. The van der Waals surface area contributed by atoms with E-state index in [2.05, 4.69) is 12.2 Å². The van der Waals surface area contributed by atoms with Crippen LogP contribution in [0.5, 0.6) is 0 Å². The molecule has 0 saturated carbocycles. The number of hydrogen-bond donors (Lipinski definition) is 1. The minimum absolute atomic E-state index is 0.0477. The molecular formula is C11H19NO2. The zero-order valence-electron chi connectivity index (χ0n) is 8.84. The molecule has 14 heavy (non-hydrogen) atoms. The Balaban J connectivity index is 1.94. The second-order valence-corrected chi connectivity index (χ2v) is 4.52. The minimum Gasteiger partial charge on any atom is -0.378 e. The van der Waals surface area contributed by atoms with Crippen molar-refractivity contribution in [2.45, 2.75) is 57.1 Å². The van der Waals surface area contributed by atoms with E-state index in [1.807, 2.05) is 0 Å². The van der Waals surface area contributed by atoms with Crippen molar-refractivity contribution in [1.29, 1.82) is 0 Å². The smallest absolute Gasteiger partial charge is 0.220 e. The van der Waals surface area contributed by atoms with Crippen molar-refractivity contribution >= 4 is 5.91 Å². The van der Waals surface area contributed by atoms with Crippen molar-refractivity contribution in [2.75, 3.05) is 6.61 Å². The Bertz CT molecular complexity index is 223. The molecule has 80 valence electrons. The van der Waals surface area contributed by atoms with E-state index in [0.717, 1.165) is 32.3 Å². The van der Waals surface area contributed by atoms with Crippen LogP contribution in [0.3, 0.4) is 0 Å². The third kappa shape index (κ3) is 1.92. The predicted molar refractivity (Wildman–Crippen MR) is 54.0 cm³/mol. The van der Waals surface area contributed by atoms with Crippen molar-refractivity contribution in [3.05, 3.63) is 0 Å². The largest absolute Gasteiger partial charge is 0.378 e. The lowest BCUT2D eigenvalue weighted by molar-refractivity contribution is -0.120. The lowest BCUT2D eigenvalue weighted by Crippen LogP contribution is -2.43. The summed E-state index contributed by atoms with van der Waals surface area (Å²) in [6, 6.07) is 0. The summed E-state index contributed by atoms with van der Waals surface area (Å²) in [5, 5.41) is 3.12. The highest BCUT2D eigenvalue weighted by Crippen LogP contribution is 2.32. The van der Waals surface area contributed by atoms with Gasteiger partial charge in [0.05, 0.1) is 6.10 Å². The van der Waals surface area contributed by atoms with E-state index in [-0.39, 0.29) is 11.4 Å². The predicted octanol–water partition coefficient (Wildman–Crippen LogP) is 1.61. The van der Waals surface area contributed by atoms with Crippen molar-refractivity contribution in [1.82, 2.24) is 5.32 Å². The molecule has 2 saturated heterocycles. The van der Waals surface area contributed by atoms with Gasteiger partial charge in [-0.1, -0.05) is 6.92 Å². The van der Waals surface area contributed by atoms with Gasteiger partial charge in [-0.25, -0.2) is 0 Å². The van der Waals surface area contributed by atoms with Gasteiger partial charge >= 0.3 is 0 Å². The molecule has 2 heterocycles. The first-order chi connectivity index (χ1) is 6.74. The molecule has 0 aromatic heterocycles. The summed E-state index contributed by atoms with van der Waals surface area (Å²) < 4.78 is 5.63. The SMILES string of the molecule is CCC1(CC2CCCO2)CCC(=O)N1. The monoisotopic (exact) mass is 197 g/mol. The first-order valence-corrected chi connectivity index (χ1v) is 5.67. The fourth-order valence-corrected chi connectivity index (χ4v) is 2.58. The van der Waals surface area contributed by atoms with E-state index >= 15 is 0 Å². The Kier molecular flexibility index (Phi) is 2.77. The molecule has 2 atom stereocenters. The average molecular weight is 197 g/mol. The fraction of sp³-hybridized carbons (Fsp3) is 0.909. The van der Waals surface area contributed by atoms with Crippen LogP contribution in [0.1, 0.15) is 45.4 Å². The second kappa shape index (κ2) is 3.89. The van der Waals surface area contributed by atoms with Gasteiger partial charge in [-0.15, -0.1) is 0 Å². The Morgan fingerprint density at radius 2 is 2.50 bits per heavy atom. The molecule has 0 aromatic carbocycles.